The van der Waals surface area contributed by atoms with Gasteiger partial charge < -0.3 is 14.4 Å². The zero-order valence-electron chi connectivity index (χ0n) is 16.4. The Kier molecular flexibility index (Phi) is 6.88. The summed E-state index contributed by atoms with van der Waals surface area (Å²) in [5.74, 6) is -0.167. The van der Waals surface area contributed by atoms with Crippen molar-refractivity contribution in [1.29, 1.82) is 0 Å². The van der Waals surface area contributed by atoms with Crippen LogP contribution in [0.1, 0.15) is 34.2 Å². The van der Waals surface area contributed by atoms with Crippen LogP contribution in [0.3, 0.4) is 0 Å². The Balaban J connectivity index is 2.34. The first-order valence-electron chi connectivity index (χ1n) is 8.69. The van der Waals surface area contributed by atoms with Crippen LogP contribution >= 0.6 is 0 Å². The molecule has 0 fully saturated rings. The SMILES string of the molecule is COCCN(C(=O)c1nn(-c2ccc(C)cc2C)nc1C)[C@@H](C)COC. The monoisotopic (exact) mass is 360 g/mol. The molecule has 2 aromatic rings. The number of nitrogens with zero attached hydrogens (tertiary/aromatic N) is 4. The largest absolute Gasteiger partial charge is 0.383 e. The lowest BCUT2D eigenvalue weighted by Crippen LogP contribution is -2.43. The third-order valence-corrected chi connectivity index (χ3v) is 4.29. The number of carbonyl (C=O) groups excluding carboxylic acids is 1. The quantitative estimate of drug-likeness (QED) is 0.723. The molecule has 0 spiro atoms. The van der Waals surface area contributed by atoms with Crippen LogP contribution in [0, 0.1) is 20.8 Å². The van der Waals surface area contributed by atoms with Crippen molar-refractivity contribution in [2.45, 2.75) is 33.7 Å². The second-order valence-corrected chi connectivity index (χ2v) is 6.51. The van der Waals surface area contributed by atoms with Gasteiger partial charge in [-0.2, -0.15) is 9.90 Å². The molecule has 0 saturated carbocycles. The van der Waals surface area contributed by atoms with E-state index >= 15 is 0 Å². The van der Waals surface area contributed by atoms with Crippen LogP contribution in [0.15, 0.2) is 18.2 Å². The van der Waals surface area contributed by atoms with E-state index in [4.69, 9.17) is 9.47 Å². The average molecular weight is 360 g/mol. The molecule has 7 nitrogen and oxygen atoms in total. The minimum atomic E-state index is -0.167. The Hall–Kier alpha value is -2.25. The number of ether oxygens (including phenoxy) is 2. The number of aryl methyl sites for hydroxylation is 3. The van der Waals surface area contributed by atoms with Crippen molar-refractivity contribution in [2.75, 3.05) is 34.0 Å². The number of rotatable bonds is 8. The molecule has 1 heterocycles. The Labute approximate surface area is 154 Å². The van der Waals surface area contributed by atoms with Gasteiger partial charge in [-0.3, -0.25) is 4.79 Å². The van der Waals surface area contributed by atoms with E-state index < -0.39 is 0 Å². The Morgan fingerprint density at radius 1 is 1.19 bits per heavy atom. The van der Waals surface area contributed by atoms with E-state index in [1.54, 1.807) is 26.0 Å². The van der Waals surface area contributed by atoms with E-state index in [0.717, 1.165) is 11.3 Å². The van der Waals surface area contributed by atoms with Gasteiger partial charge in [0.25, 0.3) is 5.91 Å². The van der Waals surface area contributed by atoms with Crippen LogP contribution in [-0.4, -0.2) is 65.8 Å². The number of carbonyl (C=O) groups is 1. The average Bonchev–Trinajstić information content (AvgIpc) is 2.96. The van der Waals surface area contributed by atoms with Crippen LogP contribution < -0.4 is 0 Å². The van der Waals surface area contributed by atoms with Crippen LogP contribution in [-0.2, 0) is 9.47 Å². The molecule has 0 aliphatic carbocycles. The van der Waals surface area contributed by atoms with Crippen molar-refractivity contribution in [3.63, 3.8) is 0 Å². The lowest BCUT2D eigenvalue weighted by molar-refractivity contribution is 0.0473. The third kappa shape index (κ3) is 4.47. The van der Waals surface area contributed by atoms with Gasteiger partial charge in [-0.1, -0.05) is 17.7 Å². The van der Waals surface area contributed by atoms with Gasteiger partial charge in [0.05, 0.1) is 30.6 Å². The predicted molar refractivity (Wildman–Crippen MR) is 99.8 cm³/mol. The molecule has 142 valence electrons. The predicted octanol–water partition coefficient (Wildman–Crippen LogP) is 2.32. The van der Waals surface area contributed by atoms with Crippen molar-refractivity contribution >= 4 is 5.91 Å². The number of hydrogen-bond acceptors (Lipinski definition) is 5. The van der Waals surface area contributed by atoms with E-state index in [1.165, 1.54) is 10.4 Å². The summed E-state index contributed by atoms with van der Waals surface area (Å²) in [5, 5.41) is 8.93. The number of amides is 1. The number of hydrogen-bond donors (Lipinski definition) is 0. The van der Waals surface area contributed by atoms with Crippen molar-refractivity contribution in [1.82, 2.24) is 19.9 Å². The van der Waals surface area contributed by atoms with Gasteiger partial charge in [0, 0.05) is 20.8 Å². The lowest BCUT2D eigenvalue weighted by Gasteiger charge is -2.28. The van der Waals surface area contributed by atoms with Gasteiger partial charge in [-0.05, 0) is 39.3 Å². The Morgan fingerprint density at radius 2 is 1.92 bits per heavy atom. The topological polar surface area (TPSA) is 69.5 Å². The summed E-state index contributed by atoms with van der Waals surface area (Å²) in [6.45, 7) is 9.16. The summed E-state index contributed by atoms with van der Waals surface area (Å²) in [5.41, 5.74) is 4.05. The molecule has 2 rings (SSSR count). The minimum absolute atomic E-state index is 0.0895. The molecule has 0 bridgehead atoms. The van der Waals surface area contributed by atoms with E-state index in [2.05, 4.69) is 16.3 Å². The third-order valence-electron chi connectivity index (χ3n) is 4.29. The van der Waals surface area contributed by atoms with Gasteiger partial charge in [0.15, 0.2) is 5.69 Å². The molecule has 1 aromatic carbocycles. The Morgan fingerprint density at radius 3 is 2.54 bits per heavy atom. The number of aromatic nitrogens is 3. The zero-order valence-corrected chi connectivity index (χ0v) is 16.4. The first-order valence-corrected chi connectivity index (χ1v) is 8.69. The molecule has 0 saturated heterocycles. The molecule has 26 heavy (non-hydrogen) atoms. The summed E-state index contributed by atoms with van der Waals surface area (Å²) >= 11 is 0. The first-order chi connectivity index (χ1) is 12.4. The van der Waals surface area contributed by atoms with Crippen molar-refractivity contribution < 1.29 is 14.3 Å². The van der Waals surface area contributed by atoms with Crippen LogP contribution in [0.25, 0.3) is 5.69 Å². The molecule has 0 N–H and O–H groups in total. The molecular weight excluding hydrogens is 332 g/mol. The molecule has 1 amide bonds. The Bertz CT molecular complexity index is 757. The number of benzene rings is 1. The van der Waals surface area contributed by atoms with E-state index in [-0.39, 0.29) is 11.9 Å². The molecule has 7 heteroatoms. The fourth-order valence-electron chi connectivity index (χ4n) is 2.89. The van der Waals surface area contributed by atoms with Crippen LogP contribution in [0.2, 0.25) is 0 Å². The van der Waals surface area contributed by atoms with Crippen molar-refractivity contribution in [3.8, 4) is 5.69 Å². The smallest absolute Gasteiger partial charge is 0.276 e. The highest BCUT2D eigenvalue weighted by molar-refractivity contribution is 5.93. The normalized spacial score (nSPS) is 12.2. The maximum Gasteiger partial charge on any atom is 0.276 e. The zero-order chi connectivity index (χ0) is 19.3. The van der Waals surface area contributed by atoms with Crippen LogP contribution in [0.5, 0.6) is 0 Å². The summed E-state index contributed by atoms with van der Waals surface area (Å²) < 4.78 is 10.3. The van der Waals surface area contributed by atoms with Gasteiger partial charge >= 0.3 is 0 Å². The molecular formula is C19H28N4O3. The van der Waals surface area contributed by atoms with Crippen molar-refractivity contribution in [2.24, 2.45) is 0 Å². The second kappa shape index (κ2) is 8.91. The highest BCUT2D eigenvalue weighted by Gasteiger charge is 2.26. The summed E-state index contributed by atoms with van der Waals surface area (Å²) in [6, 6.07) is 5.96. The fourth-order valence-corrected chi connectivity index (χ4v) is 2.89. The molecule has 0 unspecified atom stereocenters. The highest BCUT2D eigenvalue weighted by atomic mass is 16.5. The van der Waals surface area contributed by atoms with Crippen molar-refractivity contribution in [3.05, 3.63) is 40.7 Å². The molecule has 0 radical (unpaired) electrons. The molecule has 1 atom stereocenters. The molecule has 1 aromatic heterocycles. The van der Waals surface area contributed by atoms with E-state index in [1.807, 2.05) is 32.9 Å². The second-order valence-electron chi connectivity index (χ2n) is 6.51. The summed E-state index contributed by atoms with van der Waals surface area (Å²) in [6.07, 6.45) is 0. The highest BCUT2D eigenvalue weighted by Crippen LogP contribution is 2.17. The standard InChI is InChI=1S/C19H28N4O3/c1-13-7-8-17(14(2)11-13)23-20-16(4)18(21-23)19(24)22(9-10-25-5)15(3)12-26-6/h7-8,11,15H,9-10,12H2,1-6H3/t15-/m0/s1. The minimum Gasteiger partial charge on any atom is -0.383 e. The molecule has 0 aliphatic heterocycles. The molecule has 0 aliphatic rings. The first kappa shape index (κ1) is 20.1. The maximum atomic E-state index is 13.1. The van der Waals surface area contributed by atoms with Gasteiger partial charge in [-0.15, -0.1) is 5.10 Å². The summed E-state index contributed by atoms with van der Waals surface area (Å²) in [7, 11) is 3.24. The lowest BCUT2D eigenvalue weighted by atomic mass is 10.1. The van der Waals surface area contributed by atoms with Gasteiger partial charge in [0.2, 0.25) is 0 Å². The maximum absolute atomic E-state index is 13.1. The van der Waals surface area contributed by atoms with E-state index in [0.29, 0.717) is 31.1 Å². The number of methoxy groups -OCH3 is 2. The summed E-state index contributed by atoms with van der Waals surface area (Å²) in [4.78, 5) is 16.3. The van der Waals surface area contributed by atoms with Crippen LogP contribution in [0.4, 0.5) is 0 Å². The van der Waals surface area contributed by atoms with E-state index in [9.17, 15) is 4.79 Å². The van der Waals surface area contributed by atoms with Gasteiger partial charge in [-0.25, -0.2) is 0 Å². The van der Waals surface area contributed by atoms with Gasteiger partial charge in [0.1, 0.15) is 0 Å². The fraction of sp³-hybridized carbons (Fsp3) is 0.526.